The number of pyridine rings is 1. The highest BCUT2D eigenvalue weighted by molar-refractivity contribution is 7.09. The van der Waals surface area contributed by atoms with Crippen LogP contribution in [-0.2, 0) is 6.54 Å². The molecule has 6 nitrogen and oxygen atoms in total. The van der Waals surface area contributed by atoms with Gasteiger partial charge in [-0.3, -0.25) is 4.79 Å². The number of nitrogens with zero attached hydrogens (tertiary/aromatic N) is 2. The fourth-order valence-electron chi connectivity index (χ4n) is 1.26. The van der Waals surface area contributed by atoms with E-state index >= 15 is 0 Å². The average molecular weight is 281 g/mol. The Labute approximate surface area is 110 Å². The minimum atomic E-state index is -1.11. The van der Waals surface area contributed by atoms with Crippen LogP contribution in [0.1, 0.15) is 25.9 Å². The number of rotatable bonds is 4. The van der Waals surface area contributed by atoms with Gasteiger partial charge in [-0.1, -0.05) is 0 Å². The molecule has 2 rings (SSSR count). The van der Waals surface area contributed by atoms with Gasteiger partial charge in [0.1, 0.15) is 5.01 Å². The number of aromatic carboxylic acids is 1. The van der Waals surface area contributed by atoms with E-state index in [-0.39, 0.29) is 17.8 Å². The summed E-state index contributed by atoms with van der Waals surface area (Å²) in [6.45, 7) is 0.105. The lowest BCUT2D eigenvalue weighted by Gasteiger charge is -2.02. The summed E-state index contributed by atoms with van der Waals surface area (Å²) in [5, 5.41) is 13.1. The van der Waals surface area contributed by atoms with Crippen LogP contribution in [0.25, 0.3) is 0 Å². The number of amides is 1. The number of carboxylic acid groups (broad SMARTS) is 1. The third kappa shape index (κ3) is 3.32. The zero-order valence-electron chi connectivity index (χ0n) is 9.46. The summed E-state index contributed by atoms with van der Waals surface area (Å²) in [4.78, 5) is 29.5. The topological polar surface area (TPSA) is 92.2 Å². The van der Waals surface area contributed by atoms with Crippen molar-refractivity contribution in [1.29, 1.82) is 0 Å². The molecule has 0 saturated carbocycles. The first-order valence-electron chi connectivity index (χ1n) is 5.13. The maximum absolute atomic E-state index is 12.6. The molecule has 0 unspecified atom stereocenters. The predicted octanol–water partition coefficient (Wildman–Crippen LogP) is 1.31. The smallest absolute Gasteiger partial charge is 0.355 e. The molecule has 0 aliphatic carbocycles. The van der Waals surface area contributed by atoms with Crippen molar-refractivity contribution in [2.45, 2.75) is 6.54 Å². The van der Waals surface area contributed by atoms with Gasteiger partial charge in [0.25, 0.3) is 5.91 Å². The Morgan fingerprint density at radius 1 is 1.42 bits per heavy atom. The van der Waals surface area contributed by atoms with Crippen LogP contribution in [-0.4, -0.2) is 27.0 Å². The van der Waals surface area contributed by atoms with E-state index in [2.05, 4.69) is 15.3 Å². The first-order valence-corrected chi connectivity index (χ1v) is 6.01. The standard InChI is InChI=1S/C11H8FN3O3S/c12-8-2-1-6(3-13-8)10(16)14-4-9-15-7(5-19-9)11(17)18/h1-3,5H,4H2,(H,14,16)(H,17,18). The monoisotopic (exact) mass is 281 g/mol. The maximum atomic E-state index is 12.6. The number of nitrogens with one attached hydrogen (secondary N) is 1. The SMILES string of the molecule is O=C(NCc1nc(C(=O)O)cs1)c1ccc(F)nc1. The number of aromatic nitrogens is 2. The van der Waals surface area contributed by atoms with E-state index in [1.165, 1.54) is 11.4 Å². The number of thiazole rings is 1. The van der Waals surface area contributed by atoms with Crippen molar-refractivity contribution in [1.82, 2.24) is 15.3 Å². The normalized spacial score (nSPS) is 10.2. The van der Waals surface area contributed by atoms with Crippen LogP contribution in [0.5, 0.6) is 0 Å². The van der Waals surface area contributed by atoms with Gasteiger partial charge < -0.3 is 10.4 Å². The molecule has 2 heterocycles. The Kier molecular flexibility index (Phi) is 3.81. The Hall–Kier alpha value is -2.35. The van der Waals surface area contributed by atoms with Gasteiger partial charge in [-0.05, 0) is 12.1 Å². The van der Waals surface area contributed by atoms with Gasteiger partial charge in [0.15, 0.2) is 5.69 Å². The van der Waals surface area contributed by atoms with E-state index in [1.54, 1.807) is 0 Å². The lowest BCUT2D eigenvalue weighted by atomic mass is 10.3. The van der Waals surface area contributed by atoms with E-state index in [9.17, 15) is 14.0 Å². The van der Waals surface area contributed by atoms with Gasteiger partial charge in [-0.25, -0.2) is 14.8 Å². The molecule has 2 N–H and O–H groups in total. The summed E-state index contributed by atoms with van der Waals surface area (Å²) in [6, 6.07) is 2.39. The van der Waals surface area contributed by atoms with E-state index in [4.69, 9.17) is 5.11 Å². The lowest BCUT2D eigenvalue weighted by Crippen LogP contribution is -2.23. The summed E-state index contributed by atoms with van der Waals surface area (Å²) >= 11 is 1.14. The molecule has 0 spiro atoms. The van der Waals surface area contributed by atoms with Gasteiger partial charge in [0.2, 0.25) is 5.95 Å². The van der Waals surface area contributed by atoms with Crippen molar-refractivity contribution in [2.24, 2.45) is 0 Å². The van der Waals surface area contributed by atoms with Crippen LogP contribution in [0.2, 0.25) is 0 Å². The van der Waals surface area contributed by atoms with Gasteiger partial charge >= 0.3 is 5.97 Å². The van der Waals surface area contributed by atoms with Crippen LogP contribution < -0.4 is 5.32 Å². The maximum Gasteiger partial charge on any atom is 0.355 e. The molecule has 0 aliphatic rings. The Morgan fingerprint density at radius 2 is 2.21 bits per heavy atom. The third-order valence-electron chi connectivity index (χ3n) is 2.16. The summed E-state index contributed by atoms with van der Waals surface area (Å²) in [5.41, 5.74) is 0.161. The first kappa shape index (κ1) is 13.1. The summed E-state index contributed by atoms with van der Waals surface area (Å²) in [6.07, 6.45) is 1.12. The molecule has 19 heavy (non-hydrogen) atoms. The van der Waals surface area contributed by atoms with Crippen LogP contribution in [0.3, 0.4) is 0 Å². The molecule has 1 amide bonds. The van der Waals surface area contributed by atoms with Crippen LogP contribution in [0.4, 0.5) is 4.39 Å². The lowest BCUT2D eigenvalue weighted by molar-refractivity contribution is 0.0691. The molecule has 0 bridgehead atoms. The largest absolute Gasteiger partial charge is 0.476 e. The second-order valence-corrected chi connectivity index (χ2v) is 4.43. The zero-order valence-corrected chi connectivity index (χ0v) is 10.3. The molecule has 0 aliphatic heterocycles. The van der Waals surface area contributed by atoms with Crippen molar-refractivity contribution in [3.63, 3.8) is 0 Å². The second kappa shape index (κ2) is 5.53. The van der Waals surface area contributed by atoms with Crippen molar-refractivity contribution in [2.75, 3.05) is 0 Å². The van der Waals surface area contributed by atoms with Crippen LogP contribution in [0, 0.1) is 5.95 Å². The van der Waals surface area contributed by atoms with E-state index in [1.807, 2.05) is 0 Å². The van der Waals surface area contributed by atoms with Gasteiger partial charge in [0.05, 0.1) is 12.1 Å². The van der Waals surface area contributed by atoms with Gasteiger partial charge in [0, 0.05) is 11.6 Å². The van der Waals surface area contributed by atoms with E-state index < -0.39 is 17.8 Å². The summed E-state index contributed by atoms with van der Waals surface area (Å²) in [7, 11) is 0. The van der Waals surface area contributed by atoms with Crippen molar-refractivity contribution in [3.8, 4) is 0 Å². The van der Waals surface area contributed by atoms with Crippen molar-refractivity contribution in [3.05, 3.63) is 45.9 Å². The number of carbonyl (C=O) groups excluding carboxylic acids is 1. The van der Waals surface area contributed by atoms with Crippen LogP contribution in [0.15, 0.2) is 23.7 Å². The molecular formula is C11H8FN3O3S. The fraction of sp³-hybridized carbons (Fsp3) is 0.0909. The molecule has 0 saturated heterocycles. The third-order valence-corrected chi connectivity index (χ3v) is 3.01. The summed E-state index contributed by atoms with van der Waals surface area (Å²) in [5.74, 6) is -2.21. The second-order valence-electron chi connectivity index (χ2n) is 3.48. The van der Waals surface area contributed by atoms with Crippen LogP contribution >= 0.6 is 11.3 Å². The quantitative estimate of drug-likeness (QED) is 0.824. The minimum Gasteiger partial charge on any atom is -0.476 e. The molecule has 2 aromatic heterocycles. The molecule has 0 radical (unpaired) electrons. The number of carbonyl (C=O) groups is 2. The highest BCUT2D eigenvalue weighted by Crippen LogP contribution is 2.09. The fourth-order valence-corrected chi connectivity index (χ4v) is 1.97. The molecule has 0 fully saturated rings. The molecule has 98 valence electrons. The molecular weight excluding hydrogens is 273 g/mol. The highest BCUT2D eigenvalue weighted by Gasteiger charge is 2.10. The van der Waals surface area contributed by atoms with Gasteiger partial charge in [-0.2, -0.15) is 4.39 Å². The molecule has 0 atom stereocenters. The molecule has 8 heteroatoms. The van der Waals surface area contributed by atoms with Gasteiger partial charge in [-0.15, -0.1) is 11.3 Å². The number of carboxylic acids is 1. The highest BCUT2D eigenvalue weighted by atomic mass is 32.1. The minimum absolute atomic E-state index is 0.0577. The number of hydrogen-bond acceptors (Lipinski definition) is 5. The summed E-state index contributed by atoms with van der Waals surface area (Å²) < 4.78 is 12.6. The first-order chi connectivity index (χ1) is 9.06. The molecule has 0 aromatic carbocycles. The number of hydrogen-bond donors (Lipinski definition) is 2. The average Bonchev–Trinajstić information content (AvgIpc) is 2.86. The van der Waals surface area contributed by atoms with Crippen molar-refractivity contribution < 1.29 is 19.1 Å². The van der Waals surface area contributed by atoms with Crippen molar-refractivity contribution >= 4 is 23.2 Å². The Bertz CT molecular complexity index is 612. The van der Waals surface area contributed by atoms with E-state index in [0.717, 1.165) is 23.6 Å². The molecule has 2 aromatic rings. The Balaban J connectivity index is 1.96. The van der Waals surface area contributed by atoms with E-state index in [0.29, 0.717) is 5.01 Å². The Morgan fingerprint density at radius 3 is 2.79 bits per heavy atom. The predicted molar refractivity (Wildman–Crippen MR) is 64.4 cm³/mol. The zero-order chi connectivity index (χ0) is 13.8. The number of halogens is 1.